The summed E-state index contributed by atoms with van der Waals surface area (Å²) in [6.45, 7) is 1.22. The number of aromatic nitrogens is 5. The van der Waals surface area contributed by atoms with Crippen molar-refractivity contribution in [2.75, 3.05) is 6.54 Å². The SMILES string of the molecule is O=C(c1cc(-c2cccnc2)n[nH]1)N1CCc2nc[nH]c2C1. The number of pyridine rings is 1. The highest BCUT2D eigenvalue weighted by molar-refractivity contribution is 5.93. The first-order chi connectivity index (χ1) is 10.8. The van der Waals surface area contributed by atoms with Gasteiger partial charge < -0.3 is 9.88 Å². The summed E-state index contributed by atoms with van der Waals surface area (Å²) >= 11 is 0. The van der Waals surface area contributed by atoms with Crippen LogP contribution in [0, 0.1) is 0 Å². The van der Waals surface area contributed by atoms with Crippen LogP contribution in [0.1, 0.15) is 21.9 Å². The van der Waals surface area contributed by atoms with Crippen LogP contribution in [0.25, 0.3) is 11.3 Å². The van der Waals surface area contributed by atoms with Gasteiger partial charge >= 0.3 is 0 Å². The van der Waals surface area contributed by atoms with E-state index < -0.39 is 0 Å². The number of carbonyl (C=O) groups excluding carboxylic acids is 1. The predicted molar refractivity (Wildman–Crippen MR) is 78.9 cm³/mol. The lowest BCUT2D eigenvalue weighted by atomic mass is 10.1. The van der Waals surface area contributed by atoms with E-state index in [1.54, 1.807) is 29.7 Å². The molecule has 2 N–H and O–H groups in total. The number of imidazole rings is 1. The zero-order chi connectivity index (χ0) is 14.9. The summed E-state index contributed by atoms with van der Waals surface area (Å²) < 4.78 is 0. The van der Waals surface area contributed by atoms with Gasteiger partial charge in [0, 0.05) is 30.9 Å². The number of nitrogens with zero attached hydrogens (tertiary/aromatic N) is 4. The number of rotatable bonds is 2. The van der Waals surface area contributed by atoms with Gasteiger partial charge in [0.2, 0.25) is 0 Å². The van der Waals surface area contributed by atoms with Gasteiger partial charge in [0.25, 0.3) is 5.91 Å². The lowest BCUT2D eigenvalue weighted by Gasteiger charge is -2.25. The molecule has 4 heterocycles. The molecule has 0 aliphatic carbocycles. The molecule has 0 spiro atoms. The Morgan fingerprint density at radius 1 is 1.36 bits per heavy atom. The molecular weight excluding hydrogens is 280 g/mol. The standard InChI is InChI=1S/C15H14N6O/c22-15(21-5-3-11-14(8-21)18-9-17-11)13-6-12(19-20-13)10-2-1-4-16-7-10/h1-2,4,6-7,9H,3,5,8H2,(H,17,18)(H,19,20). The first kappa shape index (κ1) is 12.8. The van der Waals surface area contributed by atoms with Crippen LogP contribution in [-0.2, 0) is 13.0 Å². The lowest BCUT2D eigenvalue weighted by Crippen LogP contribution is -2.36. The Labute approximate surface area is 126 Å². The maximum absolute atomic E-state index is 12.6. The number of nitrogens with one attached hydrogen (secondary N) is 2. The van der Waals surface area contributed by atoms with Crippen molar-refractivity contribution in [1.82, 2.24) is 30.0 Å². The van der Waals surface area contributed by atoms with Crippen molar-refractivity contribution in [3.8, 4) is 11.3 Å². The van der Waals surface area contributed by atoms with Crippen LogP contribution in [0.3, 0.4) is 0 Å². The van der Waals surface area contributed by atoms with Gasteiger partial charge in [-0.05, 0) is 18.2 Å². The summed E-state index contributed by atoms with van der Waals surface area (Å²) in [5, 5.41) is 7.03. The Hall–Kier alpha value is -2.96. The van der Waals surface area contributed by atoms with Crippen LogP contribution in [-0.4, -0.2) is 42.5 Å². The Balaban J connectivity index is 1.56. The summed E-state index contributed by atoms with van der Waals surface area (Å²) in [6, 6.07) is 5.52. The van der Waals surface area contributed by atoms with Crippen molar-refractivity contribution >= 4 is 5.91 Å². The average molecular weight is 294 g/mol. The molecule has 0 atom stereocenters. The van der Waals surface area contributed by atoms with Crippen LogP contribution in [0.15, 0.2) is 36.9 Å². The van der Waals surface area contributed by atoms with Gasteiger partial charge in [0.15, 0.2) is 0 Å². The van der Waals surface area contributed by atoms with Gasteiger partial charge in [0.05, 0.1) is 30.0 Å². The highest BCUT2D eigenvalue weighted by Gasteiger charge is 2.24. The largest absolute Gasteiger partial charge is 0.347 e. The van der Waals surface area contributed by atoms with Crippen molar-refractivity contribution < 1.29 is 4.79 Å². The van der Waals surface area contributed by atoms with E-state index in [-0.39, 0.29) is 5.91 Å². The van der Waals surface area contributed by atoms with Gasteiger partial charge in [-0.25, -0.2) is 4.98 Å². The normalized spacial score (nSPS) is 13.9. The zero-order valence-corrected chi connectivity index (χ0v) is 11.8. The van der Waals surface area contributed by atoms with Crippen LogP contribution in [0.5, 0.6) is 0 Å². The topological polar surface area (TPSA) is 90.6 Å². The monoisotopic (exact) mass is 294 g/mol. The zero-order valence-electron chi connectivity index (χ0n) is 11.8. The number of aromatic amines is 2. The summed E-state index contributed by atoms with van der Waals surface area (Å²) in [6.07, 6.45) is 5.88. The third kappa shape index (κ3) is 2.16. The Kier molecular flexibility index (Phi) is 2.96. The number of hydrogen-bond donors (Lipinski definition) is 2. The fourth-order valence-electron chi connectivity index (χ4n) is 2.65. The molecule has 110 valence electrons. The molecule has 0 bridgehead atoms. The quantitative estimate of drug-likeness (QED) is 0.747. The smallest absolute Gasteiger partial charge is 0.272 e. The van der Waals surface area contributed by atoms with Crippen molar-refractivity contribution in [1.29, 1.82) is 0 Å². The van der Waals surface area contributed by atoms with E-state index >= 15 is 0 Å². The molecule has 0 aromatic carbocycles. The van der Waals surface area contributed by atoms with Gasteiger partial charge in [-0.15, -0.1) is 0 Å². The van der Waals surface area contributed by atoms with Crippen molar-refractivity contribution in [3.05, 3.63) is 54.0 Å². The molecule has 1 amide bonds. The molecule has 4 rings (SSSR count). The highest BCUT2D eigenvalue weighted by atomic mass is 16.2. The van der Waals surface area contributed by atoms with Crippen molar-refractivity contribution in [3.63, 3.8) is 0 Å². The van der Waals surface area contributed by atoms with Gasteiger partial charge in [-0.2, -0.15) is 5.10 Å². The molecule has 0 radical (unpaired) electrons. The van der Waals surface area contributed by atoms with E-state index in [1.165, 1.54) is 0 Å². The first-order valence-corrected chi connectivity index (χ1v) is 7.07. The predicted octanol–water partition coefficient (Wildman–Crippen LogP) is 1.39. The fourth-order valence-corrected chi connectivity index (χ4v) is 2.65. The highest BCUT2D eigenvalue weighted by Crippen LogP contribution is 2.20. The Morgan fingerprint density at radius 3 is 3.18 bits per heavy atom. The molecule has 0 fully saturated rings. The first-order valence-electron chi connectivity index (χ1n) is 7.07. The minimum absolute atomic E-state index is 0.0529. The van der Waals surface area contributed by atoms with Gasteiger partial charge in [0.1, 0.15) is 5.69 Å². The average Bonchev–Trinajstić information content (AvgIpc) is 3.23. The molecule has 3 aromatic heterocycles. The van der Waals surface area contributed by atoms with E-state index in [0.717, 1.165) is 29.1 Å². The van der Waals surface area contributed by atoms with Crippen LogP contribution in [0.4, 0.5) is 0 Å². The molecule has 1 aliphatic rings. The number of amides is 1. The number of H-pyrrole nitrogens is 2. The molecule has 3 aromatic rings. The third-order valence-corrected chi connectivity index (χ3v) is 3.83. The van der Waals surface area contributed by atoms with E-state index in [4.69, 9.17) is 0 Å². The van der Waals surface area contributed by atoms with Crippen molar-refractivity contribution in [2.24, 2.45) is 0 Å². The molecule has 7 nitrogen and oxygen atoms in total. The second-order valence-corrected chi connectivity index (χ2v) is 5.21. The van der Waals surface area contributed by atoms with Gasteiger partial charge in [-0.1, -0.05) is 0 Å². The molecule has 0 unspecified atom stereocenters. The minimum atomic E-state index is -0.0529. The number of carbonyl (C=O) groups is 1. The second-order valence-electron chi connectivity index (χ2n) is 5.21. The second kappa shape index (κ2) is 5.10. The van der Waals surface area contributed by atoms with Crippen LogP contribution < -0.4 is 0 Å². The summed E-state index contributed by atoms with van der Waals surface area (Å²) in [7, 11) is 0. The summed E-state index contributed by atoms with van der Waals surface area (Å²) in [5.74, 6) is -0.0529. The lowest BCUT2D eigenvalue weighted by molar-refractivity contribution is 0.0726. The number of fused-ring (bicyclic) bond motifs is 1. The van der Waals surface area contributed by atoms with Crippen LogP contribution in [0.2, 0.25) is 0 Å². The van der Waals surface area contributed by atoms with E-state index in [2.05, 4.69) is 25.1 Å². The molecule has 7 heteroatoms. The van der Waals surface area contributed by atoms with E-state index in [9.17, 15) is 4.79 Å². The molecule has 1 aliphatic heterocycles. The Bertz CT molecular complexity index is 806. The maximum atomic E-state index is 12.6. The van der Waals surface area contributed by atoms with E-state index in [1.807, 2.05) is 12.1 Å². The molecular formula is C15H14N6O. The molecule has 22 heavy (non-hydrogen) atoms. The fraction of sp³-hybridized carbons (Fsp3) is 0.200. The minimum Gasteiger partial charge on any atom is -0.347 e. The molecule has 0 saturated heterocycles. The third-order valence-electron chi connectivity index (χ3n) is 3.83. The van der Waals surface area contributed by atoms with Crippen molar-refractivity contribution in [2.45, 2.75) is 13.0 Å². The summed E-state index contributed by atoms with van der Waals surface area (Å²) in [4.78, 5) is 25.8. The van der Waals surface area contributed by atoms with E-state index in [0.29, 0.717) is 18.8 Å². The summed E-state index contributed by atoms with van der Waals surface area (Å²) in [5.41, 5.74) is 4.14. The van der Waals surface area contributed by atoms with Gasteiger partial charge in [-0.3, -0.25) is 14.9 Å². The Morgan fingerprint density at radius 2 is 2.32 bits per heavy atom. The number of hydrogen-bond acceptors (Lipinski definition) is 4. The van der Waals surface area contributed by atoms with Crippen LogP contribution >= 0.6 is 0 Å². The maximum Gasteiger partial charge on any atom is 0.272 e. The molecule has 0 saturated carbocycles.